The molecular weight excluding hydrogens is 310 g/mol. The SMILES string of the molecule is O=C(O)c1cccc(S(=O)(=O)CCSc2ccccn2)c1. The first-order chi connectivity index (χ1) is 9.99. The van der Waals surface area contributed by atoms with Crippen LogP contribution in [0, 0.1) is 0 Å². The predicted octanol–water partition coefficient (Wildman–Crippen LogP) is 2.35. The van der Waals surface area contributed by atoms with Gasteiger partial charge in [0.15, 0.2) is 9.84 Å². The lowest BCUT2D eigenvalue weighted by Gasteiger charge is -2.05. The predicted molar refractivity (Wildman–Crippen MR) is 80.4 cm³/mol. The quantitative estimate of drug-likeness (QED) is 0.822. The number of aromatic nitrogens is 1. The summed E-state index contributed by atoms with van der Waals surface area (Å²) in [5.41, 5.74) is -0.0338. The summed E-state index contributed by atoms with van der Waals surface area (Å²) in [4.78, 5) is 15.0. The van der Waals surface area contributed by atoms with Gasteiger partial charge in [0.05, 0.1) is 21.2 Å². The van der Waals surface area contributed by atoms with Gasteiger partial charge in [0.2, 0.25) is 0 Å². The lowest BCUT2D eigenvalue weighted by atomic mass is 10.2. The van der Waals surface area contributed by atoms with Crippen molar-refractivity contribution in [2.75, 3.05) is 11.5 Å². The van der Waals surface area contributed by atoms with Gasteiger partial charge in [-0.1, -0.05) is 12.1 Å². The maximum absolute atomic E-state index is 12.2. The summed E-state index contributed by atoms with van der Waals surface area (Å²) in [6, 6.07) is 10.8. The molecule has 1 N–H and O–H groups in total. The Balaban J connectivity index is 2.05. The van der Waals surface area contributed by atoms with Gasteiger partial charge in [0.1, 0.15) is 0 Å². The van der Waals surface area contributed by atoms with Gasteiger partial charge in [0.25, 0.3) is 0 Å². The number of carboxylic acid groups (broad SMARTS) is 1. The van der Waals surface area contributed by atoms with Crippen LogP contribution in [-0.2, 0) is 9.84 Å². The summed E-state index contributed by atoms with van der Waals surface area (Å²) in [5, 5.41) is 9.65. The topological polar surface area (TPSA) is 84.3 Å². The zero-order valence-electron chi connectivity index (χ0n) is 11.0. The van der Waals surface area contributed by atoms with E-state index in [2.05, 4.69) is 4.98 Å². The van der Waals surface area contributed by atoms with Gasteiger partial charge in [0, 0.05) is 11.9 Å². The van der Waals surface area contributed by atoms with Crippen LogP contribution in [0.5, 0.6) is 0 Å². The third-order valence-corrected chi connectivity index (χ3v) is 5.60. The van der Waals surface area contributed by atoms with Crippen LogP contribution >= 0.6 is 11.8 Å². The minimum atomic E-state index is -3.50. The Morgan fingerprint density at radius 1 is 1.19 bits per heavy atom. The minimum absolute atomic E-state index is 0.0315. The van der Waals surface area contributed by atoms with E-state index in [0.29, 0.717) is 5.75 Å². The molecule has 1 aromatic heterocycles. The van der Waals surface area contributed by atoms with Crippen molar-refractivity contribution >= 4 is 27.6 Å². The van der Waals surface area contributed by atoms with Crippen molar-refractivity contribution in [2.24, 2.45) is 0 Å². The molecule has 0 fully saturated rings. The average molecular weight is 323 g/mol. The minimum Gasteiger partial charge on any atom is -0.478 e. The average Bonchev–Trinajstić information content (AvgIpc) is 2.48. The van der Waals surface area contributed by atoms with E-state index in [1.165, 1.54) is 36.0 Å². The fraction of sp³-hybridized carbons (Fsp3) is 0.143. The molecule has 0 saturated heterocycles. The zero-order chi connectivity index (χ0) is 15.3. The van der Waals surface area contributed by atoms with Gasteiger partial charge in [-0.2, -0.15) is 0 Å². The highest BCUT2D eigenvalue weighted by Gasteiger charge is 2.16. The first kappa shape index (κ1) is 15.5. The van der Waals surface area contributed by atoms with Gasteiger partial charge in [-0.15, -0.1) is 11.8 Å². The molecule has 1 aromatic carbocycles. The highest BCUT2D eigenvalue weighted by Crippen LogP contribution is 2.18. The Kier molecular flexibility index (Phi) is 4.98. The maximum atomic E-state index is 12.2. The van der Waals surface area contributed by atoms with Gasteiger partial charge >= 0.3 is 5.97 Å². The number of benzene rings is 1. The van der Waals surface area contributed by atoms with Crippen molar-refractivity contribution in [1.82, 2.24) is 4.98 Å². The summed E-state index contributed by atoms with van der Waals surface area (Å²) in [6.07, 6.45) is 1.65. The molecule has 7 heteroatoms. The fourth-order valence-electron chi connectivity index (χ4n) is 1.63. The molecule has 2 aromatic rings. The smallest absolute Gasteiger partial charge is 0.335 e. The molecule has 0 saturated carbocycles. The number of pyridine rings is 1. The molecule has 110 valence electrons. The molecule has 5 nitrogen and oxygen atoms in total. The number of carbonyl (C=O) groups is 1. The number of hydrogen-bond donors (Lipinski definition) is 1. The van der Waals surface area contributed by atoms with E-state index in [1.807, 2.05) is 12.1 Å². The van der Waals surface area contributed by atoms with E-state index in [1.54, 1.807) is 12.3 Å². The molecule has 0 bridgehead atoms. The maximum Gasteiger partial charge on any atom is 0.335 e. The lowest BCUT2D eigenvalue weighted by molar-refractivity contribution is 0.0696. The standard InChI is InChI=1S/C14H13NO4S2/c16-14(17)11-4-3-5-12(10-11)21(18,19)9-8-20-13-6-1-2-7-15-13/h1-7,10H,8-9H2,(H,16,17). The molecule has 0 aliphatic carbocycles. The third kappa shape index (κ3) is 4.30. The summed E-state index contributed by atoms with van der Waals surface area (Å²) in [7, 11) is -3.50. The van der Waals surface area contributed by atoms with E-state index in [-0.39, 0.29) is 16.2 Å². The Labute approximate surface area is 127 Å². The third-order valence-electron chi connectivity index (χ3n) is 2.68. The molecular formula is C14H13NO4S2. The normalized spacial score (nSPS) is 11.2. The van der Waals surface area contributed by atoms with Crippen molar-refractivity contribution in [3.63, 3.8) is 0 Å². The molecule has 0 radical (unpaired) electrons. The van der Waals surface area contributed by atoms with Crippen molar-refractivity contribution in [1.29, 1.82) is 0 Å². The van der Waals surface area contributed by atoms with E-state index in [4.69, 9.17) is 5.11 Å². The first-order valence-electron chi connectivity index (χ1n) is 6.09. The van der Waals surface area contributed by atoms with E-state index in [9.17, 15) is 13.2 Å². The van der Waals surface area contributed by atoms with Crippen LogP contribution < -0.4 is 0 Å². The number of hydrogen-bond acceptors (Lipinski definition) is 5. The Hall–Kier alpha value is -1.86. The van der Waals surface area contributed by atoms with Crippen molar-refractivity contribution in [3.05, 3.63) is 54.2 Å². The Morgan fingerprint density at radius 3 is 2.67 bits per heavy atom. The lowest BCUT2D eigenvalue weighted by Crippen LogP contribution is -2.10. The second-order valence-electron chi connectivity index (χ2n) is 4.17. The summed E-state index contributed by atoms with van der Waals surface area (Å²) >= 11 is 1.35. The van der Waals surface area contributed by atoms with Crippen LogP contribution in [0.4, 0.5) is 0 Å². The van der Waals surface area contributed by atoms with Crippen LogP contribution in [0.2, 0.25) is 0 Å². The van der Waals surface area contributed by atoms with E-state index < -0.39 is 15.8 Å². The first-order valence-corrected chi connectivity index (χ1v) is 8.73. The number of rotatable bonds is 6. The van der Waals surface area contributed by atoms with Crippen LogP contribution in [-0.4, -0.2) is 36.0 Å². The van der Waals surface area contributed by atoms with Crippen molar-refractivity contribution in [3.8, 4) is 0 Å². The largest absolute Gasteiger partial charge is 0.478 e. The number of sulfone groups is 1. The number of thioether (sulfide) groups is 1. The van der Waals surface area contributed by atoms with Crippen molar-refractivity contribution < 1.29 is 18.3 Å². The molecule has 21 heavy (non-hydrogen) atoms. The number of carboxylic acids is 1. The van der Waals surface area contributed by atoms with Gasteiger partial charge in [-0.25, -0.2) is 18.2 Å². The van der Waals surface area contributed by atoms with Crippen LogP contribution in [0.25, 0.3) is 0 Å². The summed E-state index contributed by atoms with van der Waals surface area (Å²) < 4.78 is 24.3. The van der Waals surface area contributed by atoms with Gasteiger partial charge in [-0.3, -0.25) is 0 Å². The molecule has 1 heterocycles. The number of aromatic carboxylic acids is 1. The molecule has 0 amide bonds. The summed E-state index contributed by atoms with van der Waals surface area (Å²) in [6.45, 7) is 0. The van der Waals surface area contributed by atoms with Crippen LogP contribution in [0.1, 0.15) is 10.4 Å². The zero-order valence-corrected chi connectivity index (χ0v) is 12.6. The molecule has 0 atom stereocenters. The Morgan fingerprint density at radius 2 is 2.00 bits per heavy atom. The molecule has 0 aliphatic heterocycles. The van der Waals surface area contributed by atoms with Crippen LogP contribution in [0.3, 0.4) is 0 Å². The second kappa shape index (κ2) is 6.73. The number of nitrogens with zero attached hydrogens (tertiary/aromatic N) is 1. The highest BCUT2D eigenvalue weighted by atomic mass is 32.2. The Bertz CT molecular complexity index is 730. The molecule has 0 unspecified atom stereocenters. The highest BCUT2D eigenvalue weighted by molar-refractivity contribution is 8.00. The fourth-order valence-corrected chi connectivity index (χ4v) is 4.19. The second-order valence-corrected chi connectivity index (χ2v) is 7.39. The van der Waals surface area contributed by atoms with Gasteiger partial charge < -0.3 is 5.11 Å². The molecule has 0 aliphatic rings. The molecule has 2 rings (SSSR count). The molecule has 0 spiro atoms. The van der Waals surface area contributed by atoms with Crippen LogP contribution in [0.15, 0.2) is 58.6 Å². The monoisotopic (exact) mass is 323 g/mol. The summed E-state index contributed by atoms with van der Waals surface area (Å²) in [5.74, 6) is -0.858. The van der Waals surface area contributed by atoms with E-state index in [0.717, 1.165) is 5.03 Å². The van der Waals surface area contributed by atoms with E-state index >= 15 is 0 Å². The van der Waals surface area contributed by atoms with Crippen molar-refractivity contribution in [2.45, 2.75) is 9.92 Å². The van der Waals surface area contributed by atoms with Gasteiger partial charge in [-0.05, 0) is 30.3 Å².